The van der Waals surface area contributed by atoms with Crippen LogP contribution in [0.5, 0.6) is 5.75 Å². The molecule has 1 aliphatic rings. The van der Waals surface area contributed by atoms with Gasteiger partial charge in [-0.2, -0.15) is 0 Å². The third-order valence-electron chi connectivity index (χ3n) is 4.37. The number of carbonyl (C=O) groups is 3. The van der Waals surface area contributed by atoms with Gasteiger partial charge in [-0.3, -0.25) is 14.5 Å². The third kappa shape index (κ3) is 5.54. The largest absolute Gasteiger partial charge is 0.486 e. The maximum atomic E-state index is 12.6. The number of halogens is 3. The van der Waals surface area contributed by atoms with Crippen molar-refractivity contribution in [2.24, 2.45) is 0 Å². The van der Waals surface area contributed by atoms with Crippen LogP contribution < -0.4 is 4.74 Å². The maximum Gasteiger partial charge on any atom is 0.328 e. The lowest BCUT2D eigenvalue weighted by molar-refractivity contribution is -0.148. The molecule has 1 fully saturated rings. The minimum Gasteiger partial charge on any atom is -0.486 e. The molecule has 3 rings (SSSR count). The summed E-state index contributed by atoms with van der Waals surface area (Å²) in [4.78, 5) is 37.6. The Hall–Kier alpha value is -1.75. The van der Waals surface area contributed by atoms with E-state index in [2.05, 4.69) is 27.3 Å². The highest BCUT2D eigenvalue weighted by molar-refractivity contribution is 14.1. The lowest BCUT2D eigenvalue weighted by Crippen LogP contribution is -2.42. The van der Waals surface area contributed by atoms with Gasteiger partial charge in [0, 0.05) is 3.57 Å². The molecule has 2 aromatic carbocycles. The van der Waals surface area contributed by atoms with Gasteiger partial charge < -0.3 is 9.47 Å². The van der Waals surface area contributed by atoms with Crippen molar-refractivity contribution in [3.05, 3.63) is 66.0 Å². The fourth-order valence-corrected chi connectivity index (χ4v) is 4.66. The Morgan fingerprint density at radius 3 is 2.39 bits per heavy atom. The average molecular weight is 592 g/mol. The van der Waals surface area contributed by atoms with E-state index < -0.39 is 23.2 Å². The zero-order valence-electron chi connectivity index (χ0n) is 16.4. The fraction of sp³-hybridized carbons (Fsp3) is 0.190. The Bertz CT molecular complexity index is 1050. The molecule has 1 atom stereocenters. The van der Waals surface area contributed by atoms with Crippen molar-refractivity contribution >= 4 is 80.7 Å². The van der Waals surface area contributed by atoms with E-state index in [1.807, 2.05) is 24.3 Å². The van der Waals surface area contributed by atoms with E-state index in [0.29, 0.717) is 17.9 Å². The molecule has 1 heterocycles. The molecule has 2 aromatic rings. The van der Waals surface area contributed by atoms with E-state index in [0.717, 1.165) is 25.8 Å². The minimum absolute atomic E-state index is 0.153. The molecule has 0 radical (unpaired) electrons. The topological polar surface area (TPSA) is 72.9 Å². The summed E-state index contributed by atoms with van der Waals surface area (Å²) >= 11 is 15.6. The van der Waals surface area contributed by atoms with E-state index in [1.54, 1.807) is 12.1 Å². The molecule has 6 nitrogen and oxygen atoms in total. The molecule has 0 saturated carbocycles. The number of imide groups is 1. The van der Waals surface area contributed by atoms with Crippen LogP contribution in [0.3, 0.4) is 0 Å². The molecule has 2 amide bonds. The molecule has 10 heteroatoms. The number of carbonyl (C=O) groups excluding carboxylic acids is 3. The monoisotopic (exact) mass is 591 g/mol. The van der Waals surface area contributed by atoms with Gasteiger partial charge in [0.1, 0.15) is 12.6 Å². The van der Waals surface area contributed by atoms with E-state index in [-0.39, 0.29) is 15.0 Å². The van der Waals surface area contributed by atoms with Gasteiger partial charge in [-0.25, -0.2) is 4.79 Å². The van der Waals surface area contributed by atoms with Crippen molar-refractivity contribution in [1.29, 1.82) is 0 Å². The van der Waals surface area contributed by atoms with Crippen LogP contribution in [0.25, 0.3) is 6.08 Å². The second-order valence-corrected chi connectivity index (χ2v) is 9.53. The van der Waals surface area contributed by atoms with Gasteiger partial charge in [0.15, 0.2) is 5.75 Å². The van der Waals surface area contributed by atoms with Crippen LogP contribution in [-0.4, -0.2) is 35.2 Å². The number of hydrogen-bond acceptors (Lipinski definition) is 6. The molecule has 1 aliphatic heterocycles. The lowest BCUT2D eigenvalue weighted by atomic mass is 10.2. The molecule has 0 aliphatic carbocycles. The number of esters is 1. The van der Waals surface area contributed by atoms with Crippen molar-refractivity contribution in [2.45, 2.75) is 19.6 Å². The molecule has 0 N–H and O–H groups in total. The van der Waals surface area contributed by atoms with Gasteiger partial charge in [0.05, 0.1) is 22.1 Å². The summed E-state index contributed by atoms with van der Waals surface area (Å²) in [7, 11) is 1.19. The molecule has 0 aromatic heterocycles. The summed E-state index contributed by atoms with van der Waals surface area (Å²) in [6.07, 6.45) is 1.50. The van der Waals surface area contributed by atoms with Crippen molar-refractivity contribution in [3.63, 3.8) is 0 Å². The van der Waals surface area contributed by atoms with E-state index in [1.165, 1.54) is 20.1 Å². The minimum atomic E-state index is -1.02. The highest BCUT2D eigenvalue weighted by Crippen LogP contribution is 2.38. The second kappa shape index (κ2) is 10.2. The molecule has 0 spiro atoms. The zero-order valence-corrected chi connectivity index (χ0v) is 20.8. The molecular weight excluding hydrogens is 576 g/mol. The van der Waals surface area contributed by atoms with Crippen LogP contribution in [0.1, 0.15) is 18.1 Å². The summed E-state index contributed by atoms with van der Waals surface area (Å²) in [5.74, 6) is -0.935. The summed E-state index contributed by atoms with van der Waals surface area (Å²) in [5, 5.41) is -0.0124. The highest BCUT2D eigenvalue weighted by atomic mass is 127. The molecule has 0 unspecified atom stereocenters. The zero-order chi connectivity index (χ0) is 22.7. The Morgan fingerprint density at radius 2 is 1.81 bits per heavy atom. The van der Waals surface area contributed by atoms with Crippen LogP contribution >= 0.6 is 57.6 Å². The van der Waals surface area contributed by atoms with Crippen LogP contribution in [0, 0.1) is 3.57 Å². The Balaban J connectivity index is 1.78. The Morgan fingerprint density at radius 1 is 1.19 bits per heavy atom. The van der Waals surface area contributed by atoms with Crippen molar-refractivity contribution in [1.82, 2.24) is 4.90 Å². The second-order valence-electron chi connectivity index (χ2n) is 6.48. The molecule has 0 bridgehead atoms. The van der Waals surface area contributed by atoms with Gasteiger partial charge in [0.25, 0.3) is 11.1 Å². The number of amides is 2. The first-order valence-electron chi connectivity index (χ1n) is 8.92. The first-order chi connectivity index (χ1) is 14.7. The van der Waals surface area contributed by atoms with Crippen LogP contribution in [-0.2, 0) is 20.9 Å². The first kappa shape index (κ1) is 23.9. The van der Waals surface area contributed by atoms with Crippen molar-refractivity contribution in [3.8, 4) is 5.75 Å². The van der Waals surface area contributed by atoms with Crippen molar-refractivity contribution < 1.29 is 23.9 Å². The molecule has 31 heavy (non-hydrogen) atoms. The van der Waals surface area contributed by atoms with E-state index in [9.17, 15) is 14.4 Å². The first-order valence-corrected chi connectivity index (χ1v) is 11.6. The van der Waals surface area contributed by atoms with E-state index >= 15 is 0 Å². The average Bonchev–Trinajstić information content (AvgIpc) is 3.00. The maximum absolute atomic E-state index is 12.6. The number of methoxy groups -OCH3 is 1. The summed E-state index contributed by atoms with van der Waals surface area (Å²) in [6, 6.07) is 10.0. The standard InChI is InChI=1S/C21H16Cl2INO5S/c1-11(20(27)29-2)25-19(26)17(31-21(25)28)9-13-7-15(22)18(16(23)8-13)30-10-12-3-5-14(24)6-4-12/h3-9,11H,10H2,1-2H3/b17-9+/t11-/m0/s1. The Labute approximate surface area is 207 Å². The third-order valence-corrected chi connectivity index (χ3v) is 6.53. The van der Waals surface area contributed by atoms with Crippen molar-refractivity contribution in [2.75, 3.05) is 7.11 Å². The number of thioether (sulfide) groups is 1. The van der Waals surface area contributed by atoms with E-state index in [4.69, 9.17) is 27.9 Å². The number of ether oxygens (including phenoxy) is 2. The van der Waals surface area contributed by atoms with Crippen LogP contribution in [0.2, 0.25) is 10.0 Å². The van der Waals surface area contributed by atoms with Crippen LogP contribution in [0.4, 0.5) is 4.79 Å². The van der Waals surface area contributed by atoms with Gasteiger partial charge in [0.2, 0.25) is 0 Å². The predicted octanol–water partition coefficient (Wildman–Crippen LogP) is 5.77. The lowest BCUT2D eigenvalue weighted by Gasteiger charge is -2.18. The summed E-state index contributed by atoms with van der Waals surface area (Å²) in [5.41, 5.74) is 1.48. The van der Waals surface area contributed by atoms with Gasteiger partial charge >= 0.3 is 5.97 Å². The summed E-state index contributed by atoms with van der Waals surface area (Å²) < 4.78 is 11.5. The molecule has 162 valence electrons. The number of benzene rings is 2. The Kier molecular flexibility index (Phi) is 7.90. The number of nitrogens with zero attached hydrogens (tertiary/aromatic N) is 1. The molecule has 1 saturated heterocycles. The van der Waals surface area contributed by atoms with Gasteiger partial charge in [-0.05, 0) is 82.7 Å². The highest BCUT2D eigenvalue weighted by Gasteiger charge is 2.41. The fourth-order valence-electron chi connectivity index (χ4n) is 2.78. The van der Waals surface area contributed by atoms with Gasteiger partial charge in [-0.1, -0.05) is 35.3 Å². The summed E-state index contributed by atoms with van der Waals surface area (Å²) in [6.45, 7) is 1.72. The SMILES string of the molecule is COC(=O)[C@H](C)N1C(=O)S/C(=C/c2cc(Cl)c(OCc3ccc(I)cc3)c(Cl)c2)C1=O. The smallest absolute Gasteiger partial charge is 0.328 e. The van der Waals surface area contributed by atoms with Crippen LogP contribution in [0.15, 0.2) is 41.3 Å². The number of rotatable bonds is 6. The van der Waals surface area contributed by atoms with Gasteiger partial charge in [-0.15, -0.1) is 0 Å². The molecular formula is C21H16Cl2INO5S. The predicted molar refractivity (Wildman–Crippen MR) is 129 cm³/mol. The number of hydrogen-bond donors (Lipinski definition) is 0. The normalized spacial score (nSPS) is 16.0. The quantitative estimate of drug-likeness (QED) is 0.241.